The van der Waals surface area contributed by atoms with Gasteiger partial charge in [0, 0.05) is 4.47 Å². The lowest BCUT2D eigenvalue weighted by molar-refractivity contribution is 0.101. The molecule has 0 aliphatic heterocycles. The van der Waals surface area contributed by atoms with E-state index in [-0.39, 0.29) is 5.78 Å². The van der Waals surface area contributed by atoms with Crippen LogP contribution in [-0.2, 0) is 0 Å². The number of halogens is 1. The van der Waals surface area contributed by atoms with Gasteiger partial charge in [-0.25, -0.2) is 0 Å². The van der Waals surface area contributed by atoms with Crippen molar-refractivity contribution < 1.29 is 9.53 Å². The van der Waals surface area contributed by atoms with Crippen molar-refractivity contribution >= 4 is 21.7 Å². The first kappa shape index (κ1) is 13.6. The highest BCUT2D eigenvalue weighted by molar-refractivity contribution is 9.10. The first-order chi connectivity index (χ1) is 8.66. The van der Waals surface area contributed by atoms with Crippen molar-refractivity contribution in [2.75, 3.05) is 6.61 Å². The Balaban J connectivity index is 2.03. The van der Waals surface area contributed by atoms with Gasteiger partial charge in [0.1, 0.15) is 5.75 Å². The summed E-state index contributed by atoms with van der Waals surface area (Å²) in [6, 6.07) is 5.59. The van der Waals surface area contributed by atoms with E-state index in [9.17, 15) is 4.79 Å². The molecule has 98 valence electrons. The Morgan fingerprint density at radius 1 is 1.33 bits per heavy atom. The standard InChI is InChI=1S/C15H19BrO2/c1-11(17)14-8-7-13(16)9-15(14)18-10-12-5-3-2-4-6-12/h7-9,12H,2-6,10H2,1H3. The third-order valence-electron chi connectivity index (χ3n) is 3.52. The van der Waals surface area contributed by atoms with Crippen molar-refractivity contribution in [3.8, 4) is 5.75 Å². The minimum Gasteiger partial charge on any atom is -0.493 e. The fourth-order valence-electron chi connectivity index (χ4n) is 2.47. The average molecular weight is 311 g/mol. The van der Waals surface area contributed by atoms with Crippen LogP contribution < -0.4 is 4.74 Å². The summed E-state index contributed by atoms with van der Waals surface area (Å²) >= 11 is 3.42. The molecule has 1 saturated carbocycles. The van der Waals surface area contributed by atoms with Crippen LogP contribution in [0.1, 0.15) is 49.4 Å². The zero-order valence-corrected chi connectivity index (χ0v) is 12.3. The third kappa shape index (κ3) is 3.58. The number of carbonyl (C=O) groups excluding carboxylic acids is 1. The first-order valence-corrected chi connectivity index (χ1v) is 7.39. The molecule has 1 aromatic rings. The summed E-state index contributed by atoms with van der Waals surface area (Å²) in [4.78, 5) is 11.5. The van der Waals surface area contributed by atoms with E-state index in [0.717, 1.165) is 11.1 Å². The second kappa shape index (κ2) is 6.37. The fourth-order valence-corrected chi connectivity index (χ4v) is 2.81. The largest absolute Gasteiger partial charge is 0.493 e. The van der Waals surface area contributed by atoms with E-state index in [4.69, 9.17) is 4.74 Å². The predicted molar refractivity (Wildman–Crippen MR) is 76.2 cm³/mol. The molecule has 0 amide bonds. The summed E-state index contributed by atoms with van der Waals surface area (Å²) in [5.41, 5.74) is 0.675. The molecule has 18 heavy (non-hydrogen) atoms. The zero-order valence-electron chi connectivity index (χ0n) is 10.7. The van der Waals surface area contributed by atoms with Crippen LogP contribution in [0.2, 0.25) is 0 Å². The predicted octanol–water partition coefficient (Wildman–Crippen LogP) is 4.61. The molecule has 1 aliphatic carbocycles. The average Bonchev–Trinajstić information content (AvgIpc) is 2.37. The number of hydrogen-bond donors (Lipinski definition) is 0. The molecule has 0 bridgehead atoms. The monoisotopic (exact) mass is 310 g/mol. The van der Waals surface area contributed by atoms with Crippen LogP contribution >= 0.6 is 15.9 Å². The molecule has 0 N–H and O–H groups in total. The van der Waals surface area contributed by atoms with Gasteiger partial charge in [-0.1, -0.05) is 35.2 Å². The fraction of sp³-hybridized carbons (Fsp3) is 0.533. The van der Waals surface area contributed by atoms with Gasteiger partial charge in [-0.05, 0) is 43.9 Å². The Bertz CT molecular complexity index is 423. The van der Waals surface area contributed by atoms with Crippen LogP contribution in [0.5, 0.6) is 5.75 Å². The Morgan fingerprint density at radius 2 is 2.06 bits per heavy atom. The summed E-state index contributed by atoms with van der Waals surface area (Å²) in [7, 11) is 0. The lowest BCUT2D eigenvalue weighted by Crippen LogP contribution is -2.16. The highest BCUT2D eigenvalue weighted by Crippen LogP contribution is 2.28. The second-order valence-electron chi connectivity index (χ2n) is 5.01. The van der Waals surface area contributed by atoms with E-state index in [1.807, 2.05) is 18.2 Å². The number of ketones is 1. The van der Waals surface area contributed by atoms with Gasteiger partial charge in [-0.2, -0.15) is 0 Å². The van der Waals surface area contributed by atoms with Gasteiger partial charge >= 0.3 is 0 Å². The zero-order chi connectivity index (χ0) is 13.0. The summed E-state index contributed by atoms with van der Waals surface area (Å²) in [5.74, 6) is 1.42. The normalized spacial score (nSPS) is 16.6. The van der Waals surface area contributed by atoms with Crippen LogP contribution in [-0.4, -0.2) is 12.4 Å². The molecule has 0 aromatic heterocycles. The molecule has 2 rings (SSSR count). The van der Waals surface area contributed by atoms with Crippen LogP contribution in [0.25, 0.3) is 0 Å². The smallest absolute Gasteiger partial charge is 0.163 e. The second-order valence-corrected chi connectivity index (χ2v) is 5.93. The molecule has 0 spiro atoms. The van der Waals surface area contributed by atoms with Crippen molar-refractivity contribution in [2.24, 2.45) is 5.92 Å². The number of rotatable bonds is 4. The molecular formula is C15H19BrO2. The number of benzene rings is 1. The minimum atomic E-state index is 0.0566. The van der Waals surface area contributed by atoms with Crippen molar-refractivity contribution in [1.82, 2.24) is 0 Å². The van der Waals surface area contributed by atoms with Gasteiger partial charge < -0.3 is 4.74 Å². The van der Waals surface area contributed by atoms with Gasteiger partial charge in [-0.15, -0.1) is 0 Å². The first-order valence-electron chi connectivity index (χ1n) is 6.60. The van der Waals surface area contributed by atoms with E-state index >= 15 is 0 Å². The van der Waals surface area contributed by atoms with Crippen molar-refractivity contribution in [1.29, 1.82) is 0 Å². The van der Waals surface area contributed by atoms with E-state index in [0.29, 0.717) is 17.2 Å². The minimum absolute atomic E-state index is 0.0566. The third-order valence-corrected chi connectivity index (χ3v) is 4.02. The van der Waals surface area contributed by atoms with E-state index in [2.05, 4.69) is 15.9 Å². The molecule has 0 atom stereocenters. The van der Waals surface area contributed by atoms with E-state index in [1.54, 1.807) is 6.92 Å². The lowest BCUT2D eigenvalue weighted by atomic mass is 9.90. The van der Waals surface area contributed by atoms with Crippen molar-refractivity contribution in [3.05, 3.63) is 28.2 Å². The topological polar surface area (TPSA) is 26.3 Å². The number of Topliss-reactive ketones (excluding diaryl/α,β-unsaturated/α-hetero) is 1. The maximum atomic E-state index is 11.5. The summed E-state index contributed by atoms with van der Waals surface area (Å²) in [6.07, 6.45) is 6.48. The van der Waals surface area contributed by atoms with Crippen LogP contribution in [0.15, 0.2) is 22.7 Å². The maximum absolute atomic E-state index is 11.5. The van der Waals surface area contributed by atoms with Crippen LogP contribution in [0.3, 0.4) is 0 Å². The highest BCUT2D eigenvalue weighted by atomic mass is 79.9. The molecule has 1 fully saturated rings. The molecule has 2 nitrogen and oxygen atoms in total. The van der Waals surface area contributed by atoms with E-state index < -0.39 is 0 Å². The lowest BCUT2D eigenvalue weighted by Gasteiger charge is -2.22. The van der Waals surface area contributed by atoms with Crippen molar-refractivity contribution in [2.45, 2.75) is 39.0 Å². The summed E-state index contributed by atoms with van der Waals surface area (Å²) < 4.78 is 6.82. The Hall–Kier alpha value is -0.830. The van der Waals surface area contributed by atoms with Gasteiger partial charge in [0.15, 0.2) is 5.78 Å². The maximum Gasteiger partial charge on any atom is 0.163 e. The van der Waals surface area contributed by atoms with Gasteiger partial charge in [-0.3, -0.25) is 4.79 Å². The Kier molecular flexibility index (Phi) is 4.81. The number of ether oxygens (including phenoxy) is 1. The SMILES string of the molecule is CC(=O)c1ccc(Br)cc1OCC1CCCCC1. The Labute approximate surface area is 117 Å². The van der Waals surface area contributed by atoms with Gasteiger partial charge in [0.25, 0.3) is 0 Å². The highest BCUT2D eigenvalue weighted by Gasteiger charge is 2.16. The molecule has 1 aromatic carbocycles. The molecule has 0 radical (unpaired) electrons. The summed E-state index contributed by atoms with van der Waals surface area (Å²) in [5, 5.41) is 0. The molecule has 0 saturated heterocycles. The Morgan fingerprint density at radius 3 is 2.72 bits per heavy atom. The molecule has 0 heterocycles. The van der Waals surface area contributed by atoms with Crippen LogP contribution in [0.4, 0.5) is 0 Å². The quantitative estimate of drug-likeness (QED) is 0.759. The van der Waals surface area contributed by atoms with Gasteiger partial charge in [0.2, 0.25) is 0 Å². The molecular weight excluding hydrogens is 292 g/mol. The molecule has 0 unspecified atom stereocenters. The summed E-state index contributed by atoms with van der Waals surface area (Å²) in [6.45, 7) is 2.31. The van der Waals surface area contributed by atoms with Crippen LogP contribution in [0, 0.1) is 5.92 Å². The number of hydrogen-bond acceptors (Lipinski definition) is 2. The van der Waals surface area contributed by atoms with Gasteiger partial charge in [0.05, 0.1) is 12.2 Å². The molecule has 1 aliphatic rings. The van der Waals surface area contributed by atoms with Crippen molar-refractivity contribution in [3.63, 3.8) is 0 Å². The number of carbonyl (C=O) groups is 1. The van der Waals surface area contributed by atoms with E-state index in [1.165, 1.54) is 32.1 Å². The molecule has 3 heteroatoms.